The van der Waals surface area contributed by atoms with Crippen LogP contribution in [0.4, 0.5) is 11.4 Å². The zero-order valence-electron chi connectivity index (χ0n) is 13.1. The van der Waals surface area contributed by atoms with Gasteiger partial charge in [0.2, 0.25) is 5.91 Å². The topological polar surface area (TPSA) is 84.5 Å². The summed E-state index contributed by atoms with van der Waals surface area (Å²) in [5.74, 6) is 0.262. The van der Waals surface area contributed by atoms with Gasteiger partial charge in [0.1, 0.15) is 5.76 Å². The van der Waals surface area contributed by atoms with Crippen LogP contribution in [0.5, 0.6) is 0 Å². The van der Waals surface area contributed by atoms with Crippen molar-refractivity contribution in [1.82, 2.24) is 0 Å². The highest BCUT2D eigenvalue weighted by Crippen LogP contribution is 2.26. The van der Waals surface area contributed by atoms with Crippen molar-refractivity contribution in [2.75, 3.05) is 10.6 Å². The summed E-state index contributed by atoms with van der Waals surface area (Å²) in [5, 5.41) is 5.88. The average Bonchev–Trinajstić information content (AvgIpc) is 3.29. The first-order valence-electron chi connectivity index (χ1n) is 7.58. The standard InChI is InChI=1S/C18H15ClN2O4/c19-12-5-7-14(20-17(22)8-6-13-3-1-9-24-13)15(11-12)21-18(23)16-4-2-10-25-16/h1-5,7,9-11H,6,8H2,(H,20,22)(H,21,23). The molecule has 2 amide bonds. The normalized spacial score (nSPS) is 10.4. The highest BCUT2D eigenvalue weighted by molar-refractivity contribution is 6.31. The molecule has 0 fully saturated rings. The molecule has 0 bridgehead atoms. The molecule has 0 unspecified atom stereocenters. The molecule has 25 heavy (non-hydrogen) atoms. The Morgan fingerprint density at radius 2 is 1.76 bits per heavy atom. The highest BCUT2D eigenvalue weighted by atomic mass is 35.5. The van der Waals surface area contributed by atoms with E-state index in [4.69, 9.17) is 20.4 Å². The van der Waals surface area contributed by atoms with E-state index in [9.17, 15) is 9.59 Å². The molecule has 2 N–H and O–H groups in total. The second-order valence-corrected chi connectivity index (χ2v) is 5.69. The van der Waals surface area contributed by atoms with E-state index in [0.717, 1.165) is 5.76 Å². The van der Waals surface area contributed by atoms with E-state index in [1.54, 1.807) is 42.7 Å². The minimum absolute atomic E-state index is 0.162. The molecule has 3 rings (SSSR count). The number of carbonyl (C=O) groups is 2. The van der Waals surface area contributed by atoms with Crippen LogP contribution in [0.2, 0.25) is 5.02 Å². The number of anilines is 2. The third-order valence-electron chi connectivity index (χ3n) is 3.43. The number of aryl methyl sites for hydroxylation is 1. The van der Waals surface area contributed by atoms with Crippen LogP contribution in [-0.2, 0) is 11.2 Å². The van der Waals surface area contributed by atoms with Gasteiger partial charge in [-0.05, 0) is 42.5 Å². The van der Waals surface area contributed by atoms with Gasteiger partial charge in [-0.3, -0.25) is 9.59 Å². The van der Waals surface area contributed by atoms with Gasteiger partial charge in [-0.2, -0.15) is 0 Å². The zero-order chi connectivity index (χ0) is 17.6. The largest absolute Gasteiger partial charge is 0.469 e. The molecule has 0 saturated carbocycles. The van der Waals surface area contributed by atoms with Crippen LogP contribution < -0.4 is 10.6 Å². The Morgan fingerprint density at radius 3 is 2.48 bits per heavy atom. The molecule has 0 aliphatic rings. The van der Waals surface area contributed by atoms with Crippen LogP contribution in [0.1, 0.15) is 22.7 Å². The highest BCUT2D eigenvalue weighted by Gasteiger charge is 2.14. The van der Waals surface area contributed by atoms with Gasteiger partial charge in [0.05, 0.1) is 23.9 Å². The van der Waals surface area contributed by atoms with E-state index < -0.39 is 5.91 Å². The number of furan rings is 2. The Morgan fingerprint density at radius 1 is 0.960 bits per heavy atom. The lowest BCUT2D eigenvalue weighted by Gasteiger charge is -2.12. The quantitative estimate of drug-likeness (QED) is 0.686. The second-order valence-electron chi connectivity index (χ2n) is 5.25. The summed E-state index contributed by atoms with van der Waals surface area (Å²) in [6.45, 7) is 0. The zero-order valence-corrected chi connectivity index (χ0v) is 13.9. The summed E-state index contributed by atoms with van der Waals surface area (Å²) < 4.78 is 10.3. The van der Waals surface area contributed by atoms with Gasteiger partial charge in [0, 0.05) is 17.9 Å². The smallest absolute Gasteiger partial charge is 0.291 e. The number of hydrogen-bond donors (Lipinski definition) is 2. The fourth-order valence-corrected chi connectivity index (χ4v) is 2.40. The molecule has 0 atom stereocenters. The first kappa shape index (κ1) is 16.9. The number of nitrogens with one attached hydrogen (secondary N) is 2. The second kappa shape index (κ2) is 7.72. The van der Waals surface area contributed by atoms with Crippen LogP contribution in [0, 0.1) is 0 Å². The van der Waals surface area contributed by atoms with Crippen molar-refractivity contribution in [2.45, 2.75) is 12.8 Å². The van der Waals surface area contributed by atoms with Crippen molar-refractivity contribution in [3.63, 3.8) is 0 Å². The molecule has 3 aromatic rings. The molecule has 0 aliphatic carbocycles. The molecule has 6 nitrogen and oxygen atoms in total. The third kappa shape index (κ3) is 4.51. The Hall–Kier alpha value is -2.99. The lowest BCUT2D eigenvalue weighted by Crippen LogP contribution is -2.16. The minimum Gasteiger partial charge on any atom is -0.469 e. The molecule has 0 spiro atoms. The Bertz CT molecular complexity index is 857. The van der Waals surface area contributed by atoms with Crippen molar-refractivity contribution in [1.29, 1.82) is 0 Å². The lowest BCUT2D eigenvalue weighted by atomic mass is 10.2. The van der Waals surface area contributed by atoms with E-state index in [1.165, 1.54) is 6.26 Å². The van der Waals surface area contributed by atoms with Crippen molar-refractivity contribution in [2.24, 2.45) is 0 Å². The first-order chi connectivity index (χ1) is 12.1. The van der Waals surface area contributed by atoms with E-state index in [-0.39, 0.29) is 18.1 Å². The SMILES string of the molecule is O=C(CCc1ccco1)Nc1ccc(Cl)cc1NC(=O)c1ccco1. The van der Waals surface area contributed by atoms with E-state index in [2.05, 4.69) is 10.6 Å². The van der Waals surface area contributed by atoms with Gasteiger partial charge in [-0.1, -0.05) is 11.6 Å². The molecule has 2 aromatic heterocycles. The van der Waals surface area contributed by atoms with Gasteiger partial charge >= 0.3 is 0 Å². The number of halogens is 1. The summed E-state index contributed by atoms with van der Waals surface area (Å²) in [6.07, 6.45) is 3.71. The maximum Gasteiger partial charge on any atom is 0.291 e. The minimum atomic E-state index is -0.432. The van der Waals surface area contributed by atoms with Crippen LogP contribution in [0.3, 0.4) is 0 Å². The molecular formula is C18H15ClN2O4. The van der Waals surface area contributed by atoms with Gasteiger partial charge < -0.3 is 19.5 Å². The van der Waals surface area contributed by atoms with Gasteiger partial charge in [-0.15, -0.1) is 0 Å². The van der Waals surface area contributed by atoms with Crippen molar-refractivity contribution >= 4 is 34.8 Å². The Kier molecular flexibility index (Phi) is 5.20. The maximum atomic E-state index is 12.1. The number of carbonyl (C=O) groups excluding carboxylic acids is 2. The summed E-state index contributed by atoms with van der Waals surface area (Å²) in [6, 6.07) is 11.6. The maximum absolute atomic E-state index is 12.1. The van der Waals surface area contributed by atoms with E-state index in [0.29, 0.717) is 22.8 Å². The predicted molar refractivity (Wildman–Crippen MR) is 93.8 cm³/mol. The lowest BCUT2D eigenvalue weighted by molar-refractivity contribution is -0.116. The predicted octanol–water partition coefficient (Wildman–Crippen LogP) is 4.35. The van der Waals surface area contributed by atoms with Crippen LogP contribution in [0.25, 0.3) is 0 Å². The molecule has 7 heteroatoms. The molecule has 0 aliphatic heterocycles. The average molecular weight is 359 g/mol. The monoisotopic (exact) mass is 358 g/mol. The number of amides is 2. The third-order valence-corrected chi connectivity index (χ3v) is 3.66. The molecule has 1 aromatic carbocycles. The summed E-state index contributed by atoms with van der Waals surface area (Å²) in [7, 11) is 0. The summed E-state index contributed by atoms with van der Waals surface area (Å²) >= 11 is 5.99. The Balaban J connectivity index is 1.68. The van der Waals surface area contributed by atoms with Crippen molar-refractivity contribution in [3.05, 3.63) is 71.5 Å². The van der Waals surface area contributed by atoms with Crippen LogP contribution >= 0.6 is 11.6 Å². The van der Waals surface area contributed by atoms with Crippen molar-refractivity contribution in [3.8, 4) is 0 Å². The molecule has 0 saturated heterocycles. The molecular weight excluding hydrogens is 344 g/mol. The number of rotatable bonds is 6. The van der Waals surface area contributed by atoms with Crippen LogP contribution in [-0.4, -0.2) is 11.8 Å². The Labute approximate surface area is 148 Å². The number of hydrogen-bond acceptors (Lipinski definition) is 4. The summed E-state index contributed by atoms with van der Waals surface area (Å²) in [5.41, 5.74) is 0.842. The molecule has 128 valence electrons. The van der Waals surface area contributed by atoms with E-state index >= 15 is 0 Å². The fourth-order valence-electron chi connectivity index (χ4n) is 2.22. The molecule has 0 radical (unpaired) electrons. The van der Waals surface area contributed by atoms with Gasteiger partial charge in [0.15, 0.2) is 5.76 Å². The van der Waals surface area contributed by atoms with Gasteiger partial charge in [-0.25, -0.2) is 0 Å². The van der Waals surface area contributed by atoms with Crippen molar-refractivity contribution < 1.29 is 18.4 Å². The van der Waals surface area contributed by atoms with Gasteiger partial charge in [0.25, 0.3) is 5.91 Å². The number of benzene rings is 1. The fraction of sp³-hybridized carbons (Fsp3) is 0.111. The van der Waals surface area contributed by atoms with E-state index in [1.807, 2.05) is 6.07 Å². The van der Waals surface area contributed by atoms with Crippen LogP contribution in [0.15, 0.2) is 63.8 Å². The molecule has 2 heterocycles. The summed E-state index contributed by atoms with van der Waals surface area (Å²) in [4.78, 5) is 24.3. The first-order valence-corrected chi connectivity index (χ1v) is 7.96.